The van der Waals surface area contributed by atoms with Crippen molar-refractivity contribution in [1.82, 2.24) is 15.1 Å². The molecule has 0 unspecified atom stereocenters. The van der Waals surface area contributed by atoms with Crippen molar-refractivity contribution < 1.29 is 9.90 Å². The van der Waals surface area contributed by atoms with Gasteiger partial charge >= 0.3 is 5.97 Å². The Morgan fingerprint density at radius 3 is 2.45 bits per heavy atom. The minimum Gasteiger partial charge on any atom is -0.478 e. The van der Waals surface area contributed by atoms with Crippen molar-refractivity contribution >= 4 is 18.4 Å². The number of aromatic carboxylic acids is 1. The van der Waals surface area contributed by atoms with Crippen molar-refractivity contribution in [2.75, 3.05) is 0 Å². The van der Waals surface area contributed by atoms with Crippen LogP contribution in [0, 0.1) is 6.92 Å². The van der Waals surface area contributed by atoms with Gasteiger partial charge in [0, 0.05) is 31.9 Å². The van der Waals surface area contributed by atoms with Crippen LogP contribution in [-0.4, -0.2) is 20.9 Å². The summed E-state index contributed by atoms with van der Waals surface area (Å²) in [6, 6.07) is 6.89. The van der Waals surface area contributed by atoms with Crippen molar-refractivity contribution in [3.63, 3.8) is 0 Å². The molecule has 2 rings (SSSR count). The topological polar surface area (TPSA) is 67.2 Å². The lowest BCUT2D eigenvalue weighted by Crippen LogP contribution is -2.13. The molecule has 0 bridgehead atoms. The Balaban J connectivity index is 0.00000200. The predicted molar refractivity (Wildman–Crippen MR) is 79.1 cm³/mol. The minimum absolute atomic E-state index is 0. The van der Waals surface area contributed by atoms with E-state index in [1.165, 1.54) is 5.56 Å². The van der Waals surface area contributed by atoms with Crippen LogP contribution in [-0.2, 0) is 20.1 Å². The summed E-state index contributed by atoms with van der Waals surface area (Å²) in [7, 11) is 1.90. The zero-order chi connectivity index (χ0) is 13.8. The quantitative estimate of drug-likeness (QED) is 0.887. The molecule has 0 spiro atoms. The van der Waals surface area contributed by atoms with E-state index in [2.05, 4.69) is 10.4 Å². The summed E-state index contributed by atoms with van der Waals surface area (Å²) in [5, 5.41) is 16.4. The second-order valence-corrected chi connectivity index (χ2v) is 4.52. The number of halogens is 1. The summed E-state index contributed by atoms with van der Waals surface area (Å²) < 4.78 is 1.80. The number of aromatic nitrogens is 2. The summed E-state index contributed by atoms with van der Waals surface area (Å²) >= 11 is 0. The fourth-order valence-corrected chi connectivity index (χ4v) is 1.93. The second kappa shape index (κ2) is 7.07. The molecule has 2 N–H and O–H groups in total. The van der Waals surface area contributed by atoms with Gasteiger partial charge in [0.05, 0.1) is 11.3 Å². The van der Waals surface area contributed by atoms with E-state index in [1.807, 2.05) is 32.3 Å². The van der Waals surface area contributed by atoms with Crippen LogP contribution in [0.3, 0.4) is 0 Å². The van der Waals surface area contributed by atoms with Crippen LogP contribution in [0.15, 0.2) is 30.5 Å². The molecule has 2 aromatic rings. The fraction of sp³-hybridized carbons (Fsp3) is 0.286. The molecule has 0 atom stereocenters. The summed E-state index contributed by atoms with van der Waals surface area (Å²) in [6.45, 7) is 3.44. The van der Waals surface area contributed by atoms with Gasteiger partial charge in [-0.1, -0.05) is 12.1 Å². The average Bonchev–Trinajstić information content (AvgIpc) is 2.68. The third kappa shape index (κ3) is 4.08. The van der Waals surface area contributed by atoms with Gasteiger partial charge in [0.2, 0.25) is 0 Å². The van der Waals surface area contributed by atoms with Gasteiger partial charge in [-0.15, -0.1) is 12.4 Å². The molecular formula is C14H18ClN3O2. The Morgan fingerprint density at radius 1 is 1.30 bits per heavy atom. The van der Waals surface area contributed by atoms with E-state index in [4.69, 9.17) is 5.11 Å². The smallest absolute Gasteiger partial charge is 0.335 e. The number of benzene rings is 1. The molecule has 20 heavy (non-hydrogen) atoms. The monoisotopic (exact) mass is 295 g/mol. The number of rotatable bonds is 5. The van der Waals surface area contributed by atoms with Crippen molar-refractivity contribution in [1.29, 1.82) is 0 Å². The molecule has 0 radical (unpaired) electrons. The molecule has 0 aliphatic carbocycles. The Morgan fingerprint density at radius 2 is 1.95 bits per heavy atom. The van der Waals surface area contributed by atoms with Crippen LogP contribution >= 0.6 is 12.4 Å². The zero-order valence-corrected chi connectivity index (χ0v) is 12.3. The van der Waals surface area contributed by atoms with Gasteiger partial charge in [-0.2, -0.15) is 5.10 Å². The maximum absolute atomic E-state index is 10.7. The molecule has 1 heterocycles. The Kier molecular flexibility index (Phi) is 5.73. The van der Waals surface area contributed by atoms with Gasteiger partial charge in [-0.25, -0.2) is 4.79 Å². The van der Waals surface area contributed by atoms with Crippen LogP contribution in [0.25, 0.3) is 0 Å². The standard InChI is InChI=1S/C14H17N3O2.ClH/c1-10-13(9-17(2)16-10)8-15-7-11-3-5-12(6-4-11)14(18)19;/h3-6,9,15H,7-8H2,1-2H3,(H,18,19);1H. The number of hydrogen-bond acceptors (Lipinski definition) is 3. The van der Waals surface area contributed by atoms with Crippen LogP contribution in [0.2, 0.25) is 0 Å². The highest BCUT2D eigenvalue weighted by Crippen LogP contribution is 2.06. The summed E-state index contributed by atoms with van der Waals surface area (Å²) in [5.41, 5.74) is 3.57. The number of carboxylic acids is 1. The molecule has 0 saturated heterocycles. The van der Waals surface area contributed by atoms with Gasteiger partial charge in [0.25, 0.3) is 0 Å². The highest BCUT2D eigenvalue weighted by atomic mass is 35.5. The van der Waals surface area contributed by atoms with Gasteiger partial charge in [-0.3, -0.25) is 4.68 Å². The Labute approximate surface area is 124 Å². The van der Waals surface area contributed by atoms with Crippen LogP contribution in [0.5, 0.6) is 0 Å². The summed E-state index contributed by atoms with van der Waals surface area (Å²) in [4.78, 5) is 10.7. The van der Waals surface area contributed by atoms with E-state index in [0.29, 0.717) is 12.1 Å². The highest BCUT2D eigenvalue weighted by molar-refractivity contribution is 5.87. The van der Waals surface area contributed by atoms with E-state index in [-0.39, 0.29) is 12.4 Å². The van der Waals surface area contributed by atoms with E-state index >= 15 is 0 Å². The fourth-order valence-electron chi connectivity index (χ4n) is 1.93. The van der Waals surface area contributed by atoms with Crippen molar-refractivity contribution in [2.45, 2.75) is 20.0 Å². The third-order valence-electron chi connectivity index (χ3n) is 2.96. The van der Waals surface area contributed by atoms with Gasteiger partial charge in [0.15, 0.2) is 0 Å². The van der Waals surface area contributed by atoms with E-state index in [0.717, 1.165) is 17.8 Å². The first-order valence-corrected chi connectivity index (χ1v) is 6.08. The maximum atomic E-state index is 10.7. The average molecular weight is 296 g/mol. The van der Waals surface area contributed by atoms with Gasteiger partial charge < -0.3 is 10.4 Å². The first-order chi connectivity index (χ1) is 9.06. The van der Waals surface area contributed by atoms with Crippen LogP contribution < -0.4 is 5.32 Å². The molecule has 5 nitrogen and oxygen atoms in total. The van der Waals surface area contributed by atoms with E-state index in [1.54, 1.807) is 16.8 Å². The minimum atomic E-state index is -0.898. The maximum Gasteiger partial charge on any atom is 0.335 e. The predicted octanol–water partition coefficient (Wildman–Crippen LogP) is 2.14. The normalized spacial score (nSPS) is 10.1. The van der Waals surface area contributed by atoms with E-state index in [9.17, 15) is 4.79 Å². The summed E-state index contributed by atoms with van der Waals surface area (Å²) in [5.74, 6) is -0.898. The number of hydrogen-bond donors (Lipinski definition) is 2. The molecule has 0 amide bonds. The van der Waals surface area contributed by atoms with Crippen LogP contribution in [0.1, 0.15) is 27.2 Å². The zero-order valence-electron chi connectivity index (χ0n) is 11.5. The van der Waals surface area contributed by atoms with Crippen LogP contribution in [0.4, 0.5) is 0 Å². The van der Waals surface area contributed by atoms with Gasteiger partial charge in [0.1, 0.15) is 0 Å². The Bertz CT molecular complexity index is 579. The van der Waals surface area contributed by atoms with Gasteiger partial charge in [-0.05, 0) is 24.6 Å². The lowest BCUT2D eigenvalue weighted by atomic mass is 10.1. The molecule has 1 aromatic carbocycles. The second-order valence-electron chi connectivity index (χ2n) is 4.52. The molecular weight excluding hydrogens is 278 g/mol. The molecule has 108 valence electrons. The molecule has 0 aliphatic rings. The van der Waals surface area contributed by atoms with Crippen molar-refractivity contribution in [3.8, 4) is 0 Å². The van der Waals surface area contributed by atoms with Crippen molar-refractivity contribution in [3.05, 3.63) is 52.8 Å². The molecule has 0 saturated carbocycles. The van der Waals surface area contributed by atoms with Crippen molar-refractivity contribution in [2.24, 2.45) is 7.05 Å². The number of carbonyl (C=O) groups is 1. The first-order valence-electron chi connectivity index (χ1n) is 6.08. The number of nitrogens with zero attached hydrogens (tertiary/aromatic N) is 2. The highest BCUT2D eigenvalue weighted by Gasteiger charge is 2.03. The largest absolute Gasteiger partial charge is 0.478 e. The molecule has 1 aromatic heterocycles. The van der Waals surface area contributed by atoms with E-state index < -0.39 is 5.97 Å². The summed E-state index contributed by atoms with van der Waals surface area (Å²) in [6.07, 6.45) is 2.00. The SMILES string of the molecule is Cc1nn(C)cc1CNCc1ccc(C(=O)O)cc1.Cl. The Hall–Kier alpha value is -1.85. The molecule has 6 heteroatoms. The molecule has 0 fully saturated rings. The molecule has 0 aliphatic heterocycles. The third-order valence-corrected chi connectivity index (χ3v) is 2.96. The lowest BCUT2D eigenvalue weighted by molar-refractivity contribution is 0.0697. The number of nitrogens with one attached hydrogen (secondary N) is 1. The lowest BCUT2D eigenvalue weighted by Gasteiger charge is -2.04. The number of carboxylic acid groups (broad SMARTS) is 1. The number of aryl methyl sites for hydroxylation is 2. The first kappa shape index (κ1) is 16.2.